The lowest BCUT2D eigenvalue weighted by Crippen LogP contribution is -1.94. The van der Waals surface area contributed by atoms with Gasteiger partial charge >= 0.3 is 0 Å². The second-order valence-corrected chi connectivity index (χ2v) is 3.92. The van der Waals surface area contributed by atoms with Crippen molar-refractivity contribution in [1.29, 1.82) is 0 Å². The normalized spacial score (nSPS) is 10.6. The molecule has 0 bridgehead atoms. The first-order chi connectivity index (χ1) is 7.99. The Labute approximate surface area is 101 Å². The van der Waals surface area contributed by atoms with Crippen LogP contribution in [0.5, 0.6) is 0 Å². The van der Waals surface area contributed by atoms with Gasteiger partial charge in [-0.1, -0.05) is 17.7 Å². The van der Waals surface area contributed by atoms with Crippen LogP contribution in [0, 0.1) is 17.5 Å². The molecule has 0 aromatic heterocycles. The van der Waals surface area contributed by atoms with Gasteiger partial charge in [0.25, 0.3) is 0 Å². The van der Waals surface area contributed by atoms with E-state index in [4.69, 9.17) is 17.3 Å². The van der Waals surface area contributed by atoms with E-state index in [1.54, 1.807) is 0 Å². The maximum Gasteiger partial charge on any atom is 0.194 e. The molecule has 0 aliphatic carbocycles. The quantitative estimate of drug-likeness (QED) is 0.606. The maximum absolute atomic E-state index is 13.1. The fourth-order valence-electron chi connectivity index (χ4n) is 1.51. The summed E-state index contributed by atoms with van der Waals surface area (Å²) in [6.07, 6.45) is 0. The Morgan fingerprint density at radius 1 is 0.941 bits per heavy atom. The molecule has 0 fully saturated rings. The van der Waals surface area contributed by atoms with Gasteiger partial charge < -0.3 is 5.73 Å². The molecule has 88 valence electrons. The topological polar surface area (TPSA) is 26.0 Å². The van der Waals surface area contributed by atoms with Gasteiger partial charge in [0.2, 0.25) is 0 Å². The number of halogens is 4. The smallest absolute Gasteiger partial charge is 0.194 e. The third kappa shape index (κ3) is 2.22. The van der Waals surface area contributed by atoms with Gasteiger partial charge in [0.05, 0.1) is 0 Å². The number of anilines is 1. The zero-order valence-corrected chi connectivity index (χ0v) is 9.23. The van der Waals surface area contributed by atoms with Gasteiger partial charge in [-0.15, -0.1) is 0 Å². The highest BCUT2D eigenvalue weighted by Gasteiger charge is 2.13. The SMILES string of the molecule is Nc1cc(Cl)ccc1-c1cc(F)c(F)c(F)c1. The van der Waals surface area contributed by atoms with E-state index in [2.05, 4.69) is 0 Å². The summed E-state index contributed by atoms with van der Waals surface area (Å²) in [4.78, 5) is 0. The molecule has 0 aliphatic heterocycles. The molecule has 17 heavy (non-hydrogen) atoms. The van der Waals surface area contributed by atoms with Gasteiger partial charge in [-0.2, -0.15) is 0 Å². The minimum absolute atomic E-state index is 0.163. The Morgan fingerprint density at radius 3 is 2.06 bits per heavy atom. The van der Waals surface area contributed by atoms with Crippen molar-refractivity contribution in [3.63, 3.8) is 0 Å². The van der Waals surface area contributed by atoms with Crippen molar-refractivity contribution in [1.82, 2.24) is 0 Å². The van der Waals surface area contributed by atoms with Gasteiger partial charge in [0, 0.05) is 16.3 Å². The minimum atomic E-state index is -1.50. The van der Waals surface area contributed by atoms with E-state index in [9.17, 15) is 13.2 Å². The molecule has 0 spiro atoms. The number of hydrogen-bond acceptors (Lipinski definition) is 1. The molecular formula is C12H7ClF3N. The van der Waals surface area contributed by atoms with E-state index in [0.717, 1.165) is 12.1 Å². The van der Waals surface area contributed by atoms with Crippen LogP contribution in [-0.4, -0.2) is 0 Å². The van der Waals surface area contributed by atoms with Crippen molar-refractivity contribution < 1.29 is 13.2 Å². The van der Waals surface area contributed by atoms with Gasteiger partial charge in [0.15, 0.2) is 17.5 Å². The lowest BCUT2D eigenvalue weighted by molar-refractivity contribution is 0.448. The zero-order chi connectivity index (χ0) is 12.6. The minimum Gasteiger partial charge on any atom is -0.398 e. The van der Waals surface area contributed by atoms with Gasteiger partial charge in [-0.3, -0.25) is 0 Å². The van der Waals surface area contributed by atoms with E-state index >= 15 is 0 Å². The van der Waals surface area contributed by atoms with Crippen molar-refractivity contribution in [3.05, 3.63) is 52.8 Å². The van der Waals surface area contributed by atoms with Crippen LogP contribution in [0.25, 0.3) is 11.1 Å². The van der Waals surface area contributed by atoms with Crippen LogP contribution in [0.15, 0.2) is 30.3 Å². The summed E-state index contributed by atoms with van der Waals surface area (Å²) < 4.78 is 38.9. The van der Waals surface area contributed by atoms with Crippen LogP contribution in [0.2, 0.25) is 5.02 Å². The van der Waals surface area contributed by atoms with E-state index in [1.165, 1.54) is 18.2 Å². The number of benzene rings is 2. The Morgan fingerprint density at radius 2 is 1.53 bits per heavy atom. The summed E-state index contributed by atoms with van der Waals surface area (Å²) in [6, 6.07) is 6.28. The van der Waals surface area contributed by atoms with Crippen molar-refractivity contribution in [2.45, 2.75) is 0 Å². The van der Waals surface area contributed by atoms with Crippen LogP contribution in [-0.2, 0) is 0 Å². The van der Waals surface area contributed by atoms with Crippen LogP contribution >= 0.6 is 11.6 Å². The highest BCUT2D eigenvalue weighted by Crippen LogP contribution is 2.30. The van der Waals surface area contributed by atoms with Crippen LogP contribution in [0.3, 0.4) is 0 Å². The first-order valence-electron chi connectivity index (χ1n) is 4.69. The van der Waals surface area contributed by atoms with E-state index in [1.807, 2.05) is 0 Å². The molecule has 1 nitrogen and oxygen atoms in total. The second kappa shape index (κ2) is 4.30. The Bertz CT molecular complexity index is 561. The summed E-state index contributed by atoms with van der Waals surface area (Å²) in [6.45, 7) is 0. The molecular weight excluding hydrogens is 251 g/mol. The molecule has 0 saturated carbocycles. The van der Waals surface area contributed by atoms with Crippen molar-refractivity contribution in [3.8, 4) is 11.1 Å². The summed E-state index contributed by atoms with van der Waals surface area (Å²) in [7, 11) is 0. The molecule has 0 saturated heterocycles. The highest BCUT2D eigenvalue weighted by molar-refractivity contribution is 6.31. The predicted octanol–water partition coefficient (Wildman–Crippen LogP) is 4.01. The number of hydrogen-bond donors (Lipinski definition) is 1. The highest BCUT2D eigenvalue weighted by atomic mass is 35.5. The third-order valence-electron chi connectivity index (χ3n) is 2.31. The number of rotatable bonds is 1. The average molecular weight is 258 g/mol. The van der Waals surface area contributed by atoms with Gasteiger partial charge in [-0.25, -0.2) is 13.2 Å². The zero-order valence-electron chi connectivity index (χ0n) is 8.48. The summed E-state index contributed by atoms with van der Waals surface area (Å²) >= 11 is 5.70. The van der Waals surface area contributed by atoms with E-state index < -0.39 is 17.5 Å². The number of nitrogen functional groups attached to an aromatic ring is 1. The molecule has 2 aromatic carbocycles. The van der Waals surface area contributed by atoms with Crippen LogP contribution in [0.1, 0.15) is 0 Å². The Kier molecular flexibility index (Phi) is 2.98. The fraction of sp³-hybridized carbons (Fsp3) is 0. The molecule has 2 aromatic rings. The lowest BCUT2D eigenvalue weighted by Gasteiger charge is -2.07. The molecule has 5 heteroatoms. The van der Waals surface area contributed by atoms with Crippen molar-refractivity contribution >= 4 is 17.3 Å². The number of nitrogens with two attached hydrogens (primary N) is 1. The molecule has 2 rings (SSSR count). The molecule has 2 N–H and O–H groups in total. The summed E-state index contributed by atoms with van der Waals surface area (Å²) in [5.74, 6) is -4.01. The van der Waals surface area contributed by atoms with Crippen LogP contribution in [0.4, 0.5) is 18.9 Å². The van der Waals surface area contributed by atoms with Crippen LogP contribution < -0.4 is 5.73 Å². The molecule has 0 radical (unpaired) electrons. The van der Waals surface area contributed by atoms with Gasteiger partial charge in [-0.05, 0) is 29.8 Å². The van der Waals surface area contributed by atoms with Gasteiger partial charge in [0.1, 0.15) is 0 Å². The van der Waals surface area contributed by atoms with Crippen molar-refractivity contribution in [2.24, 2.45) is 0 Å². The Balaban J connectivity index is 2.61. The average Bonchev–Trinajstić information content (AvgIpc) is 2.25. The Hall–Kier alpha value is -1.68. The second-order valence-electron chi connectivity index (χ2n) is 3.49. The first-order valence-corrected chi connectivity index (χ1v) is 5.07. The summed E-state index contributed by atoms with van der Waals surface area (Å²) in [5.41, 5.74) is 6.49. The molecule has 0 amide bonds. The third-order valence-corrected chi connectivity index (χ3v) is 2.54. The lowest BCUT2D eigenvalue weighted by atomic mass is 10.0. The standard InChI is InChI=1S/C12H7ClF3N/c13-7-1-2-8(11(17)5-7)6-3-9(14)12(16)10(15)4-6/h1-5H,17H2. The van der Waals surface area contributed by atoms with E-state index in [0.29, 0.717) is 10.6 Å². The first kappa shape index (κ1) is 11.8. The summed E-state index contributed by atoms with van der Waals surface area (Å²) in [5, 5.41) is 0.411. The molecule has 0 heterocycles. The monoisotopic (exact) mass is 257 g/mol. The molecule has 0 aliphatic rings. The molecule has 0 unspecified atom stereocenters. The molecule has 0 atom stereocenters. The largest absolute Gasteiger partial charge is 0.398 e. The van der Waals surface area contributed by atoms with E-state index in [-0.39, 0.29) is 11.3 Å². The fourth-order valence-corrected chi connectivity index (χ4v) is 1.69. The maximum atomic E-state index is 13.1. The van der Waals surface area contributed by atoms with Crippen molar-refractivity contribution in [2.75, 3.05) is 5.73 Å². The predicted molar refractivity (Wildman–Crippen MR) is 61.2 cm³/mol.